The SMILES string of the molecule is Cn1c(=O)c2c(ncn2CC(O)CN2CCCN(Cc3ccc(Cl)c(Cl)c3)CC2)n(C)c1=O. The molecule has 3 heterocycles. The Hall–Kier alpha value is -2.17. The van der Waals surface area contributed by atoms with Crippen LogP contribution in [0.5, 0.6) is 0 Å². The Balaban J connectivity index is 1.37. The van der Waals surface area contributed by atoms with E-state index < -0.39 is 17.4 Å². The lowest BCUT2D eigenvalue weighted by Crippen LogP contribution is -2.39. The molecule has 0 radical (unpaired) electrons. The fourth-order valence-electron chi connectivity index (χ4n) is 4.38. The Morgan fingerprint density at radius 1 is 1.00 bits per heavy atom. The standard InChI is InChI=1S/C22H28Cl2N6O3/c1-26-20-19(21(32)27(2)22(26)33)30(14-25-20)13-16(31)12-29-7-3-6-28(8-9-29)11-15-4-5-17(23)18(24)10-15/h4-5,10,14,16,31H,3,6-9,11-13H2,1-2H3. The van der Waals surface area contributed by atoms with Crippen molar-refractivity contribution in [2.24, 2.45) is 14.1 Å². The van der Waals surface area contributed by atoms with Crippen molar-refractivity contribution in [2.45, 2.75) is 25.6 Å². The Labute approximate surface area is 201 Å². The second kappa shape index (κ2) is 9.99. The number of aryl methyl sites for hydroxylation is 1. The molecule has 11 heteroatoms. The predicted octanol–water partition coefficient (Wildman–Crippen LogP) is 1.31. The normalized spacial score (nSPS) is 16.9. The van der Waals surface area contributed by atoms with E-state index in [0.717, 1.165) is 49.3 Å². The third-order valence-electron chi connectivity index (χ3n) is 6.16. The first-order valence-corrected chi connectivity index (χ1v) is 11.7. The minimum absolute atomic E-state index is 0.230. The van der Waals surface area contributed by atoms with E-state index >= 15 is 0 Å². The van der Waals surface area contributed by atoms with Crippen LogP contribution in [0.4, 0.5) is 0 Å². The van der Waals surface area contributed by atoms with Crippen LogP contribution in [0, 0.1) is 0 Å². The number of hydrogen-bond donors (Lipinski definition) is 1. The molecule has 3 aromatic rings. The van der Waals surface area contributed by atoms with E-state index in [0.29, 0.717) is 27.8 Å². The van der Waals surface area contributed by atoms with Crippen LogP contribution in [-0.2, 0) is 27.2 Å². The monoisotopic (exact) mass is 494 g/mol. The first-order valence-electron chi connectivity index (χ1n) is 10.9. The summed E-state index contributed by atoms with van der Waals surface area (Å²) in [7, 11) is 3.03. The summed E-state index contributed by atoms with van der Waals surface area (Å²) in [5.41, 5.74) is 0.935. The first kappa shape index (κ1) is 24.0. The van der Waals surface area contributed by atoms with Gasteiger partial charge in [-0.1, -0.05) is 29.3 Å². The number of halogens is 2. The molecule has 33 heavy (non-hydrogen) atoms. The number of nitrogens with zero attached hydrogens (tertiary/aromatic N) is 6. The van der Waals surface area contributed by atoms with E-state index in [-0.39, 0.29) is 6.54 Å². The highest BCUT2D eigenvalue weighted by molar-refractivity contribution is 6.42. The van der Waals surface area contributed by atoms with Gasteiger partial charge in [-0.05, 0) is 37.2 Å². The molecule has 1 aromatic carbocycles. The van der Waals surface area contributed by atoms with Gasteiger partial charge in [-0.3, -0.25) is 23.7 Å². The molecule has 0 bridgehead atoms. The minimum Gasteiger partial charge on any atom is -0.390 e. The Kier molecular flexibility index (Phi) is 7.25. The summed E-state index contributed by atoms with van der Waals surface area (Å²) in [5.74, 6) is 0. The molecule has 0 amide bonds. The second-order valence-electron chi connectivity index (χ2n) is 8.61. The van der Waals surface area contributed by atoms with Crippen LogP contribution in [0.15, 0.2) is 34.1 Å². The average Bonchev–Trinajstić information content (AvgIpc) is 3.07. The smallest absolute Gasteiger partial charge is 0.332 e. The molecule has 178 valence electrons. The summed E-state index contributed by atoms with van der Waals surface area (Å²) in [6.07, 6.45) is 1.83. The Bertz CT molecular complexity index is 1270. The molecule has 1 unspecified atom stereocenters. The van der Waals surface area contributed by atoms with Crippen molar-refractivity contribution in [3.63, 3.8) is 0 Å². The first-order chi connectivity index (χ1) is 15.7. The lowest BCUT2D eigenvalue weighted by atomic mass is 10.2. The molecule has 0 saturated carbocycles. The van der Waals surface area contributed by atoms with E-state index in [2.05, 4.69) is 14.8 Å². The van der Waals surface area contributed by atoms with Gasteiger partial charge in [0.2, 0.25) is 0 Å². The van der Waals surface area contributed by atoms with Gasteiger partial charge in [-0.15, -0.1) is 0 Å². The van der Waals surface area contributed by atoms with Gasteiger partial charge in [0.25, 0.3) is 5.56 Å². The molecule has 1 N–H and O–H groups in total. The third-order valence-corrected chi connectivity index (χ3v) is 6.90. The van der Waals surface area contributed by atoms with Gasteiger partial charge in [0.1, 0.15) is 0 Å². The maximum Gasteiger partial charge on any atom is 0.332 e. The summed E-state index contributed by atoms with van der Waals surface area (Å²) in [6.45, 7) is 5.08. The van der Waals surface area contributed by atoms with Gasteiger partial charge < -0.3 is 9.67 Å². The molecule has 1 aliphatic rings. The van der Waals surface area contributed by atoms with Crippen LogP contribution in [0.3, 0.4) is 0 Å². The number of imidazole rings is 1. The van der Waals surface area contributed by atoms with Crippen LogP contribution in [0.25, 0.3) is 11.2 Å². The molecular formula is C22H28Cl2N6O3. The van der Waals surface area contributed by atoms with Crippen LogP contribution in [-0.4, -0.2) is 72.4 Å². The molecule has 0 spiro atoms. The molecule has 2 aromatic heterocycles. The van der Waals surface area contributed by atoms with E-state index in [4.69, 9.17) is 23.2 Å². The third kappa shape index (κ3) is 5.17. The largest absolute Gasteiger partial charge is 0.390 e. The van der Waals surface area contributed by atoms with E-state index in [9.17, 15) is 14.7 Å². The summed E-state index contributed by atoms with van der Waals surface area (Å²) < 4.78 is 4.04. The Morgan fingerprint density at radius 2 is 1.73 bits per heavy atom. The van der Waals surface area contributed by atoms with Crippen molar-refractivity contribution in [1.29, 1.82) is 0 Å². The molecular weight excluding hydrogens is 467 g/mol. The van der Waals surface area contributed by atoms with Crippen LogP contribution >= 0.6 is 23.2 Å². The zero-order valence-electron chi connectivity index (χ0n) is 18.7. The predicted molar refractivity (Wildman–Crippen MR) is 129 cm³/mol. The fraction of sp³-hybridized carbons (Fsp3) is 0.500. The van der Waals surface area contributed by atoms with Crippen molar-refractivity contribution in [3.8, 4) is 0 Å². The summed E-state index contributed by atoms with van der Waals surface area (Å²) in [4.78, 5) is 33.5. The van der Waals surface area contributed by atoms with Gasteiger partial charge in [-0.2, -0.15) is 0 Å². The zero-order valence-corrected chi connectivity index (χ0v) is 20.3. The van der Waals surface area contributed by atoms with Crippen LogP contribution < -0.4 is 11.2 Å². The van der Waals surface area contributed by atoms with Gasteiger partial charge in [-0.25, -0.2) is 9.78 Å². The number of aliphatic hydroxyl groups is 1. The van der Waals surface area contributed by atoms with Gasteiger partial charge in [0.05, 0.1) is 29.0 Å². The lowest BCUT2D eigenvalue weighted by molar-refractivity contribution is 0.100. The molecule has 1 atom stereocenters. The molecule has 9 nitrogen and oxygen atoms in total. The van der Waals surface area contributed by atoms with Gasteiger partial charge in [0, 0.05) is 40.3 Å². The maximum absolute atomic E-state index is 12.6. The Morgan fingerprint density at radius 3 is 2.48 bits per heavy atom. The van der Waals surface area contributed by atoms with Gasteiger partial charge in [0.15, 0.2) is 11.2 Å². The summed E-state index contributed by atoms with van der Waals surface area (Å²) in [6, 6.07) is 5.73. The minimum atomic E-state index is -0.675. The fourth-order valence-corrected chi connectivity index (χ4v) is 4.70. The van der Waals surface area contributed by atoms with Crippen molar-refractivity contribution in [2.75, 3.05) is 32.7 Å². The van der Waals surface area contributed by atoms with E-state index in [1.165, 1.54) is 17.9 Å². The van der Waals surface area contributed by atoms with E-state index in [1.807, 2.05) is 18.2 Å². The van der Waals surface area contributed by atoms with E-state index in [1.54, 1.807) is 11.6 Å². The quantitative estimate of drug-likeness (QED) is 0.555. The van der Waals surface area contributed by atoms with Crippen molar-refractivity contribution in [3.05, 3.63) is 61.0 Å². The summed E-state index contributed by atoms with van der Waals surface area (Å²) in [5, 5.41) is 11.9. The van der Waals surface area contributed by atoms with Crippen LogP contribution in [0.2, 0.25) is 10.0 Å². The molecule has 4 rings (SSSR count). The number of β-amino-alcohol motifs (C(OH)–C–C–N with tert-alkyl or cyclic N) is 1. The number of hydrogen-bond acceptors (Lipinski definition) is 6. The highest BCUT2D eigenvalue weighted by Gasteiger charge is 2.20. The lowest BCUT2D eigenvalue weighted by Gasteiger charge is -2.24. The number of rotatable bonds is 6. The highest BCUT2D eigenvalue weighted by atomic mass is 35.5. The molecule has 1 fully saturated rings. The maximum atomic E-state index is 12.6. The number of aliphatic hydroxyl groups excluding tert-OH is 1. The number of aromatic nitrogens is 4. The highest BCUT2D eigenvalue weighted by Crippen LogP contribution is 2.23. The topological polar surface area (TPSA) is 88.5 Å². The zero-order chi connectivity index (χ0) is 23.7. The summed E-state index contributed by atoms with van der Waals surface area (Å²) >= 11 is 12.2. The average molecular weight is 495 g/mol. The molecule has 0 aliphatic carbocycles. The van der Waals surface area contributed by atoms with Crippen molar-refractivity contribution < 1.29 is 5.11 Å². The second-order valence-corrected chi connectivity index (χ2v) is 9.42. The molecule has 1 aliphatic heterocycles. The number of benzene rings is 1. The van der Waals surface area contributed by atoms with Crippen LogP contribution in [0.1, 0.15) is 12.0 Å². The number of fused-ring (bicyclic) bond motifs is 1. The van der Waals surface area contributed by atoms with Crippen molar-refractivity contribution >= 4 is 34.4 Å². The van der Waals surface area contributed by atoms with Crippen molar-refractivity contribution in [1.82, 2.24) is 28.5 Å². The van der Waals surface area contributed by atoms with Gasteiger partial charge >= 0.3 is 5.69 Å². The molecule has 1 saturated heterocycles.